The van der Waals surface area contributed by atoms with E-state index in [0.29, 0.717) is 23.9 Å². The van der Waals surface area contributed by atoms with E-state index in [0.717, 1.165) is 19.4 Å². The molecule has 2 unspecified atom stereocenters. The van der Waals surface area contributed by atoms with E-state index in [2.05, 4.69) is 15.3 Å². The second kappa shape index (κ2) is 5.05. The fourth-order valence-corrected chi connectivity index (χ4v) is 3.66. The van der Waals surface area contributed by atoms with Crippen molar-refractivity contribution in [3.05, 3.63) is 16.3 Å². The van der Waals surface area contributed by atoms with Gasteiger partial charge < -0.3 is 10.2 Å². The molecule has 3 rings (SSSR count). The molecular weight excluding hydrogens is 258 g/mol. The molecule has 2 aliphatic heterocycles. The van der Waals surface area contributed by atoms with Crippen LogP contribution in [-0.4, -0.2) is 39.4 Å². The van der Waals surface area contributed by atoms with E-state index in [4.69, 9.17) is 0 Å². The maximum absolute atomic E-state index is 11.2. The molecule has 0 amide bonds. The normalized spacial score (nSPS) is 28.6. The van der Waals surface area contributed by atoms with Gasteiger partial charge in [0.2, 0.25) is 5.82 Å². The highest BCUT2D eigenvalue weighted by Crippen LogP contribution is 2.34. The zero-order chi connectivity index (χ0) is 14.3. The lowest BCUT2D eigenvalue weighted by Gasteiger charge is -2.37. The Balaban J connectivity index is 1.88. The van der Waals surface area contributed by atoms with Crippen LogP contribution in [0.3, 0.4) is 0 Å². The molecule has 2 saturated heterocycles. The number of hydrogen-bond donors (Lipinski definition) is 1. The zero-order valence-corrected chi connectivity index (χ0v) is 12.0. The molecule has 2 bridgehead atoms. The summed E-state index contributed by atoms with van der Waals surface area (Å²) in [5.74, 6) is 0.520. The molecule has 2 aliphatic rings. The SMILES string of the molecule is CCN(c1nn(C)cc1[N+](=O)[O-])C1CC2CCC(C1)N2. The second-order valence-electron chi connectivity index (χ2n) is 5.82. The summed E-state index contributed by atoms with van der Waals surface area (Å²) in [6.07, 6.45) is 6.05. The lowest BCUT2D eigenvalue weighted by molar-refractivity contribution is -0.384. The summed E-state index contributed by atoms with van der Waals surface area (Å²) in [5.41, 5.74) is 0.111. The highest BCUT2D eigenvalue weighted by atomic mass is 16.6. The lowest BCUT2D eigenvalue weighted by atomic mass is 9.98. The monoisotopic (exact) mass is 279 g/mol. The van der Waals surface area contributed by atoms with Crippen LogP contribution in [0.1, 0.15) is 32.6 Å². The van der Waals surface area contributed by atoms with Crippen molar-refractivity contribution in [3.63, 3.8) is 0 Å². The molecule has 0 saturated carbocycles. The largest absolute Gasteiger partial charge is 0.347 e. The van der Waals surface area contributed by atoms with Crippen LogP contribution in [0.25, 0.3) is 0 Å². The van der Waals surface area contributed by atoms with E-state index in [1.165, 1.54) is 23.7 Å². The summed E-state index contributed by atoms with van der Waals surface area (Å²) >= 11 is 0. The number of hydrogen-bond acceptors (Lipinski definition) is 5. The van der Waals surface area contributed by atoms with Gasteiger partial charge in [-0.15, -0.1) is 5.10 Å². The molecule has 0 radical (unpaired) electrons. The topological polar surface area (TPSA) is 76.2 Å². The Kier molecular flexibility index (Phi) is 3.37. The van der Waals surface area contributed by atoms with Gasteiger partial charge in [0, 0.05) is 31.7 Å². The van der Waals surface area contributed by atoms with Gasteiger partial charge in [-0.3, -0.25) is 14.8 Å². The first-order chi connectivity index (χ1) is 9.58. The summed E-state index contributed by atoms with van der Waals surface area (Å²) in [6.45, 7) is 2.80. The van der Waals surface area contributed by atoms with Crippen molar-refractivity contribution < 1.29 is 4.92 Å². The molecule has 1 aromatic rings. The van der Waals surface area contributed by atoms with Gasteiger partial charge in [0.15, 0.2) is 0 Å². The van der Waals surface area contributed by atoms with Crippen LogP contribution < -0.4 is 10.2 Å². The Hall–Kier alpha value is -1.63. The maximum Gasteiger partial charge on any atom is 0.330 e. The van der Waals surface area contributed by atoms with Gasteiger partial charge in [-0.25, -0.2) is 0 Å². The molecule has 0 aliphatic carbocycles. The third-order valence-corrected chi connectivity index (χ3v) is 4.49. The molecule has 7 nitrogen and oxygen atoms in total. The Labute approximate surface area is 118 Å². The number of anilines is 1. The van der Waals surface area contributed by atoms with Crippen LogP contribution in [0.4, 0.5) is 11.5 Å². The van der Waals surface area contributed by atoms with E-state index >= 15 is 0 Å². The Morgan fingerprint density at radius 3 is 2.70 bits per heavy atom. The van der Waals surface area contributed by atoms with Crippen LogP contribution in [0.2, 0.25) is 0 Å². The third-order valence-electron chi connectivity index (χ3n) is 4.49. The highest BCUT2D eigenvalue weighted by Gasteiger charge is 2.38. The molecule has 1 aromatic heterocycles. The van der Waals surface area contributed by atoms with Crippen molar-refractivity contribution in [1.29, 1.82) is 0 Å². The van der Waals surface area contributed by atoms with Gasteiger partial charge >= 0.3 is 5.69 Å². The van der Waals surface area contributed by atoms with Crippen molar-refractivity contribution in [3.8, 4) is 0 Å². The molecular formula is C13H21N5O2. The van der Waals surface area contributed by atoms with Crippen molar-refractivity contribution in [1.82, 2.24) is 15.1 Å². The van der Waals surface area contributed by atoms with Crippen LogP contribution in [0.5, 0.6) is 0 Å². The minimum absolute atomic E-state index is 0.111. The minimum atomic E-state index is -0.333. The number of aryl methyl sites for hydroxylation is 1. The number of rotatable bonds is 4. The molecule has 3 heterocycles. The van der Waals surface area contributed by atoms with Gasteiger partial charge in [0.05, 0.1) is 4.92 Å². The highest BCUT2D eigenvalue weighted by molar-refractivity contribution is 5.57. The maximum atomic E-state index is 11.2. The standard InChI is InChI=1S/C13H21N5O2/c1-3-17(11-6-9-4-5-10(7-11)14-9)13-12(18(19)20)8-16(2)15-13/h8-11,14H,3-7H2,1-2H3. The van der Waals surface area contributed by atoms with E-state index in [9.17, 15) is 10.1 Å². The first kappa shape index (κ1) is 13.4. The molecule has 1 N–H and O–H groups in total. The van der Waals surface area contributed by atoms with E-state index in [-0.39, 0.29) is 10.6 Å². The fourth-order valence-electron chi connectivity index (χ4n) is 3.66. The Morgan fingerprint density at radius 1 is 1.50 bits per heavy atom. The van der Waals surface area contributed by atoms with Gasteiger partial charge in [-0.2, -0.15) is 0 Å². The summed E-state index contributed by atoms with van der Waals surface area (Å²) in [4.78, 5) is 13.0. The summed E-state index contributed by atoms with van der Waals surface area (Å²) in [7, 11) is 1.73. The smallest absolute Gasteiger partial charge is 0.330 e. The quantitative estimate of drug-likeness (QED) is 0.666. The third kappa shape index (κ3) is 2.26. The fraction of sp³-hybridized carbons (Fsp3) is 0.769. The number of fused-ring (bicyclic) bond motifs is 2. The van der Waals surface area contributed by atoms with Gasteiger partial charge in [-0.1, -0.05) is 0 Å². The first-order valence-electron chi connectivity index (χ1n) is 7.29. The minimum Gasteiger partial charge on any atom is -0.347 e. The van der Waals surface area contributed by atoms with E-state index in [1.54, 1.807) is 7.05 Å². The molecule has 0 aromatic carbocycles. The number of nitrogens with one attached hydrogen (secondary N) is 1. The molecule has 7 heteroatoms. The van der Waals surface area contributed by atoms with Gasteiger partial charge in [0.25, 0.3) is 0 Å². The van der Waals surface area contributed by atoms with Crippen molar-refractivity contribution in [2.24, 2.45) is 7.05 Å². The molecule has 2 atom stereocenters. The summed E-state index contributed by atoms with van der Waals surface area (Å²) < 4.78 is 1.53. The average Bonchev–Trinajstić information content (AvgIpc) is 2.94. The van der Waals surface area contributed by atoms with Gasteiger partial charge in [-0.05, 0) is 32.6 Å². The Morgan fingerprint density at radius 2 is 2.15 bits per heavy atom. The predicted molar refractivity (Wildman–Crippen MR) is 75.9 cm³/mol. The molecule has 110 valence electrons. The van der Waals surface area contributed by atoms with Crippen LogP contribution in [0.15, 0.2) is 6.20 Å². The summed E-state index contributed by atoms with van der Waals surface area (Å²) in [6, 6.07) is 1.48. The summed E-state index contributed by atoms with van der Waals surface area (Å²) in [5, 5.41) is 19.1. The Bertz CT molecular complexity index is 503. The number of nitro groups is 1. The van der Waals surface area contributed by atoms with Gasteiger partial charge in [0.1, 0.15) is 6.20 Å². The van der Waals surface area contributed by atoms with Crippen molar-refractivity contribution in [2.75, 3.05) is 11.4 Å². The molecule has 0 spiro atoms. The molecule has 20 heavy (non-hydrogen) atoms. The second-order valence-corrected chi connectivity index (χ2v) is 5.82. The lowest BCUT2D eigenvalue weighted by Crippen LogP contribution is -2.48. The number of nitrogens with zero attached hydrogens (tertiary/aromatic N) is 4. The van der Waals surface area contributed by atoms with E-state index in [1.807, 2.05) is 6.92 Å². The van der Waals surface area contributed by atoms with Crippen LogP contribution in [0, 0.1) is 10.1 Å². The zero-order valence-electron chi connectivity index (χ0n) is 12.0. The van der Waals surface area contributed by atoms with Crippen molar-refractivity contribution >= 4 is 11.5 Å². The first-order valence-corrected chi connectivity index (χ1v) is 7.29. The predicted octanol–water partition coefficient (Wildman–Crippen LogP) is 1.44. The van der Waals surface area contributed by atoms with Crippen molar-refractivity contribution in [2.45, 2.75) is 50.7 Å². The van der Waals surface area contributed by atoms with Crippen LogP contribution >= 0.6 is 0 Å². The van der Waals surface area contributed by atoms with E-state index < -0.39 is 0 Å². The molecule has 2 fully saturated rings. The number of aromatic nitrogens is 2. The number of piperidine rings is 1. The van der Waals surface area contributed by atoms with Crippen LogP contribution in [-0.2, 0) is 7.05 Å². The average molecular weight is 279 g/mol.